The molecule has 1 aliphatic rings. The maximum absolute atomic E-state index is 9.96. The van der Waals surface area contributed by atoms with Gasteiger partial charge in [-0.2, -0.15) is 0 Å². The molecule has 21 heavy (non-hydrogen) atoms. The number of ether oxygens (including phenoxy) is 1. The van der Waals surface area contributed by atoms with Crippen molar-refractivity contribution in [2.75, 3.05) is 32.8 Å². The van der Waals surface area contributed by atoms with Crippen molar-refractivity contribution in [1.82, 2.24) is 10.2 Å². The van der Waals surface area contributed by atoms with E-state index in [4.69, 9.17) is 4.74 Å². The van der Waals surface area contributed by atoms with Gasteiger partial charge in [0.05, 0.1) is 0 Å². The van der Waals surface area contributed by atoms with Crippen LogP contribution in [0.15, 0.2) is 24.3 Å². The van der Waals surface area contributed by atoms with Crippen molar-refractivity contribution >= 4 is 0 Å². The van der Waals surface area contributed by atoms with Gasteiger partial charge < -0.3 is 15.2 Å². The number of likely N-dealkylation sites (N-methyl/N-ethyl adjacent to an activating group) is 1. The van der Waals surface area contributed by atoms with Crippen LogP contribution in [0.4, 0.5) is 0 Å². The Labute approximate surface area is 128 Å². The van der Waals surface area contributed by atoms with E-state index in [9.17, 15) is 5.11 Å². The van der Waals surface area contributed by atoms with E-state index in [1.807, 2.05) is 31.2 Å². The van der Waals surface area contributed by atoms with Crippen LogP contribution in [0.2, 0.25) is 0 Å². The largest absolute Gasteiger partial charge is 0.491 e. The van der Waals surface area contributed by atoms with Crippen molar-refractivity contribution in [2.45, 2.75) is 38.8 Å². The second kappa shape index (κ2) is 8.37. The number of benzene rings is 1. The molecule has 1 saturated heterocycles. The zero-order chi connectivity index (χ0) is 15.1. The van der Waals surface area contributed by atoms with Gasteiger partial charge in [-0.15, -0.1) is 0 Å². The monoisotopic (exact) mass is 292 g/mol. The molecule has 0 aliphatic carbocycles. The molecule has 2 atom stereocenters. The molecule has 0 saturated carbocycles. The van der Waals surface area contributed by atoms with Gasteiger partial charge in [-0.25, -0.2) is 0 Å². The summed E-state index contributed by atoms with van der Waals surface area (Å²) >= 11 is 0. The average molecular weight is 292 g/mol. The Balaban J connectivity index is 1.61. The van der Waals surface area contributed by atoms with E-state index < -0.39 is 6.10 Å². The Morgan fingerprint density at radius 2 is 2.14 bits per heavy atom. The number of nitrogens with one attached hydrogen (secondary N) is 1. The lowest BCUT2D eigenvalue weighted by atomic mass is 10.2. The van der Waals surface area contributed by atoms with E-state index >= 15 is 0 Å². The molecule has 118 valence electrons. The van der Waals surface area contributed by atoms with Crippen LogP contribution < -0.4 is 10.1 Å². The summed E-state index contributed by atoms with van der Waals surface area (Å²) in [5.41, 5.74) is 1.21. The number of hydrogen-bond donors (Lipinski definition) is 2. The third kappa shape index (κ3) is 5.30. The van der Waals surface area contributed by atoms with Gasteiger partial charge in [0.1, 0.15) is 18.5 Å². The van der Waals surface area contributed by atoms with Crippen LogP contribution in [0.5, 0.6) is 5.75 Å². The number of likely N-dealkylation sites (tertiary alicyclic amines) is 1. The summed E-state index contributed by atoms with van der Waals surface area (Å²) in [7, 11) is 0. The van der Waals surface area contributed by atoms with Crippen molar-refractivity contribution in [3.63, 3.8) is 0 Å². The number of nitrogens with zero attached hydrogens (tertiary/aromatic N) is 1. The van der Waals surface area contributed by atoms with Crippen LogP contribution in [0.1, 0.15) is 25.3 Å². The summed E-state index contributed by atoms with van der Waals surface area (Å²) in [5.74, 6) is 0.813. The van der Waals surface area contributed by atoms with Crippen molar-refractivity contribution in [3.8, 4) is 5.75 Å². The van der Waals surface area contributed by atoms with Gasteiger partial charge >= 0.3 is 0 Å². The Bertz CT molecular complexity index is 408. The number of aliphatic hydroxyl groups excluding tert-OH is 1. The summed E-state index contributed by atoms with van der Waals surface area (Å²) < 4.78 is 5.59. The molecule has 1 aliphatic heterocycles. The molecule has 0 unspecified atom stereocenters. The molecule has 0 bridgehead atoms. The Hall–Kier alpha value is -1.10. The Morgan fingerprint density at radius 1 is 1.38 bits per heavy atom. The zero-order valence-corrected chi connectivity index (χ0v) is 13.2. The average Bonchev–Trinajstić information content (AvgIpc) is 2.94. The van der Waals surface area contributed by atoms with Crippen molar-refractivity contribution in [1.29, 1.82) is 0 Å². The molecule has 0 radical (unpaired) electrons. The van der Waals surface area contributed by atoms with Crippen molar-refractivity contribution in [3.05, 3.63) is 29.8 Å². The topological polar surface area (TPSA) is 44.7 Å². The summed E-state index contributed by atoms with van der Waals surface area (Å²) in [4.78, 5) is 2.50. The maximum atomic E-state index is 9.96. The zero-order valence-electron chi connectivity index (χ0n) is 13.2. The highest BCUT2D eigenvalue weighted by Crippen LogP contribution is 2.15. The van der Waals surface area contributed by atoms with Crippen molar-refractivity contribution < 1.29 is 9.84 Å². The molecule has 1 aromatic carbocycles. The van der Waals surface area contributed by atoms with Gasteiger partial charge in [0.15, 0.2) is 0 Å². The maximum Gasteiger partial charge on any atom is 0.119 e. The van der Waals surface area contributed by atoms with E-state index in [0.29, 0.717) is 19.2 Å². The molecular formula is C17H28N2O2. The first-order valence-electron chi connectivity index (χ1n) is 8.01. The van der Waals surface area contributed by atoms with Crippen LogP contribution in [-0.4, -0.2) is 54.9 Å². The fourth-order valence-corrected chi connectivity index (χ4v) is 2.85. The van der Waals surface area contributed by atoms with Crippen molar-refractivity contribution in [2.24, 2.45) is 0 Å². The minimum absolute atomic E-state index is 0.332. The van der Waals surface area contributed by atoms with Gasteiger partial charge in [0.25, 0.3) is 0 Å². The minimum atomic E-state index is -0.470. The third-order valence-corrected chi connectivity index (χ3v) is 4.13. The van der Waals surface area contributed by atoms with Gasteiger partial charge in [0.2, 0.25) is 0 Å². The Kier molecular flexibility index (Phi) is 6.49. The predicted octanol–water partition coefficient (Wildman–Crippen LogP) is 1.81. The van der Waals surface area contributed by atoms with Crippen LogP contribution in [-0.2, 0) is 0 Å². The highest BCUT2D eigenvalue weighted by molar-refractivity contribution is 5.26. The standard InChI is InChI=1S/C17H28N2O2/c1-3-19-10-4-5-15(19)11-18-12-16(20)13-21-17-8-6-14(2)7-9-17/h6-9,15-16,18,20H,3-5,10-13H2,1-2H3/t15-,16-/m0/s1. The lowest BCUT2D eigenvalue weighted by molar-refractivity contribution is 0.104. The van der Waals surface area contributed by atoms with Gasteiger partial charge in [0, 0.05) is 19.1 Å². The molecule has 1 heterocycles. The van der Waals surface area contributed by atoms with E-state index in [1.165, 1.54) is 24.9 Å². The van der Waals surface area contributed by atoms with Crippen LogP contribution >= 0.6 is 0 Å². The van der Waals surface area contributed by atoms with Crippen LogP contribution in [0.25, 0.3) is 0 Å². The lowest BCUT2D eigenvalue weighted by Gasteiger charge is -2.23. The van der Waals surface area contributed by atoms with E-state index in [0.717, 1.165) is 18.8 Å². The third-order valence-electron chi connectivity index (χ3n) is 4.13. The molecule has 0 aromatic heterocycles. The number of aliphatic hydroxyl groups is 1. The molecule has 0 spiro atoms. The molecule has 1 aromatic rings. The molecule has 0 amide bonds. The fraction of sp³-hybridized carbons (Fsp3) is 0.647. The van der Waals surface area contributed by atoms with Gasteiger partial charge in [-0.1, -0.05) is 24.6 Å². The fourth-order valence-electron chi connectivity index (χ4n) is 2.85. The SMILES string of the molecule is CCN1CCC[C@H]1CNC[C@H](O)COc1ccc(C)cc1. The van der Waals surface area contributed by atoms with Gasteiger partial charge in [-0.05, 0) is 45.0 Å². The summed E-state index contributed by atoms with van der Waals surface area (Å²) in [6.45, 7) is 8.45. The lowest BCUT2D eigenvalue weighted by Crippen LogP contribution is -2.41. The quantitative estimate of drug-likeness (QED) is 0.767. The van der Waals surface area contributed by atoms with Crippen LogP contribution in [0, 0.1) is 6.92 Å². The van der Waals surface area contributed by atoms with Crippen LogP contribution in [0.3, 0.4) is 0 Å². The highest BCUT2D eigenvalue weighted by atomic mass is 16.5. The molecule has 4 heteroatoms. The molecule has 4 nitrogen and oxygen atoms in total. The number of rotatable bonds is 8. The predicted molar refractivity (Wildman–Crippen MR) is 85.8 cm³/mol. The molecule has 2 N–H and O–H groups in total. The second-order valence-electron chi connectivity index (χ2n) is 5.86. The minimum Gasteiger partial charge on any atom is -0.491 e. The summed E-state index contributed by atoms with van der Waals surface area (Å²) in [6.07, 6.45) is 2.08. The first kappa shape index (κ1) is 16.3. The summed E-state index contributed by atoms with van der Waals surface area (Å²) in [5, 5.41) is 13.3. The molecular weight excluding hydrogens is 264 g/mol. The first-order valence-corrected chi connectivity index (χ1v) is 8.01. The number of hydrogen-bond acceptors (Lipinski definition) is 4. The Morgan fingerprint density at radius 3 is 2.86 bits per heavy atom. The summed E-state index contributed by atoms with van der Waals surface area (Å²) in [6, 6.07) is 8.53. The van der Waals surface area contributed by atoms with Gasteiger partial charge in [-0.3, -0.25) is 4.90 Å². The second-order valence-corrected chi connectivity index (χ2v) is 5.86. The highest BCUT2D eigenvalue weighted by Gasteiger charge is 2.22. The first-order chi connectivity index (χ1) is 10.2. The number of aryl methyl sites for hydroxylation is 1. The molecule has 1 fully saturated rings. The smallest absolute Gasteiger partial charge is 0.119 e. The normalized spacial score (nSPS) is 20.6. The molecule has 2 rings (SSSR count). The van der Waals surface area contributed by atoms with E-state index in [-0.39, 0.29) is 0 Å². The van der Waals surface area contributed by atoms with E-state index in [1.54, 1.807) is 0 Å². The van der Waals surface area contributed by atoms with E-state index in [2.05, 4.69) is 17.1 Å².